The molecule has 1 aliphatic rings. The molecule has 0 fully saturated rings. The van der Waals surface area contributed by atoms with Crippen molar-refractivity contribution in [2.75, 3.05) is 0 Å². The molecule has 41 heavy (non-hydrogen) atoms. The quantitative estimate of drug-likeness (QED) is 0.218. The molecule has 3 aromatic carbocycles. The number of benzene rings is 3. The fourth-order valence-electron chi connectivity index (χ4n) is 4.62. The van der Waals surface area contributed by atoms with Crippen LogP contribution in [0.15, 0.2) is 152 Å². The number of nitrogens with zero attached hydrogens (tertiary/aromatic N) is 3. The first-order valence-electron chi connectivity index (χ1n) is 13.5. The van der Waals surface area contributed by atoms with Crippen LogP contribution in [0.3, 0.4) is 0 Å². The minimum Gasteiger partial charge on any atom is -0.507 e. The summed E-state index contributed by atoms with van der Waals surface area (Å²) in [6.07, 6.45) is 16.6. The Morgan fingerprint density at radius 3 is 2.27 bits per heavy atom. The third-order valence-corrected chi connectivity index (χ3v) is 6.84. The highest BCUT2D eigenvalue weighted by atomic mass is 16.3. The molecule has 0 radical (unpaired) electrons. The van der Waals surface area contributed by atoms with Gasteiger partial charge in [-0.15, -0.1) is 0 Å². The smallest absolute Gasteiger partial charge is 0.163 e. The van der Waals surface area contributed by atoms with Gasteiger partial charge in [0.1, 0.15) is 11.6 Å². The van der Waals surface area contributed by atoms with Crippen LogP contribution in [0.4, 0.5) is 0 Å². The largest absolute Gasteiger partial charge is 0.507 e. The summed E-state index contributed by atoms with van der Waals surface area (Å²) in [5.41, 5.74) is 6.53. The lowest BCUT2D eigenvalue weighted by Crippen LogP contribution is -2.10. The first-order chi connectivity index (χ1) is 20.1. The molecule has 4 aromatic rings. The molecule has 0 saturated carbocycles. The van der Waals surface area contributed by atoms with Gasteiger partial charge < -0.3 is 5.11 Å². The Kier molecular flexibility index (Phi) is 8.41. The Hall–Kier alpha value is -5.35. The summed E-state index contributed by atoms with van der Waals surface area (Å²) in [5, 5.41) is 10.3. The van der Waals surface area contributed by atoms with Crippen molar-refractivity contribution < 1.29 is 5.11 Å². The highest BCUT2D eigenvalue weighted by Gasteiger charge is 2.19. The van der Waals surface area contributed by atoms with Crippen molar-refractivity contribution in [3.8, 4) is 28.3 Å². The van der Waals surface area contributed by atoms with E-state index in [1.54, 1.807) is 12.1 Å². The molecule has 5 rings (SSSR count). The van der Waals surface area contributed by atoms with E-state index in [9.17, 15) is 5.11 Å². The van der Waals surface area contributed by atoms with Crippen LogP contribution in [0, 0.1) is 0 Å². The van der Waals surface area contributed by atoms with Gasteiger partial charge in [0.05, 0.1) is 0 Å². The summed E-state index contributed by atoms with van der Waals surface area (Å²) >= 11 is 0. The normalized spacial score (nSPS) is 15.0. The van der Waals surface area contributed by atoms with Gasteiger partial charge in [-0.25, -0.2) is 15.0 Å². The minimum atomic E-state index is -0.0150. The zero-order chi connectivity index (χ0) is 28.6. The predicted molar refractivity (Wildman–Crippen MR) is 170 cm³/mol. The maximum Gasteiger partial charge on any atom is 0.163 e. The molecule has 1 atom stereocenters. The second-order valence-corrected chi connectivity index (χ2v) is 9.63. The van der Waals surface area contributed by atoms with Crippen LogP contribution in [0.1, 0.15) is 29.6 Å². The SMILES string of the molecule is C=C/C=C\C(=C)c1nc(-c2ccc(-c3ccccc3O)cc2)nc(C2C=CC(/C(C=C)=C/c3ccccc3)=CC2)n1. The van der Waals surface area contributed by atoms with Gasteiger partial charge in [-0.1, -0.05) is 135 Å². The molecule has 0 amide bonds. The van der Waals surface area contributed by atoms with E-state index in [-0.39, 0.29) is 11.7 Å². The predicted octanol–water partition coefficient (Wildman–Crippen LogP) is 8.91. The van der Waals surface area contributed by atoms with Gasteiger partial charge in [-0.05, 0) is 40.8 Å². The van der Waals surface area contributed by atoms with E-state index < -0.39 is 0 Å². The molecule has 1 heterocycles. The standard InChI is InChI=1S/C37H31N3O/c1-4-6-12-26(3)35-38-36(31-21-17-29(18-22-31)28(5-2)25-27-13-8-7-9-14-27)40-37(39-35)32-23-19-30(20-24-32)33-15-10-11-16-34(33)41/h4-21,23-25,31,41H,1-3,22H2/b12-6-,28-25+. The maximum atomic E-state index is 10.3. The lowest BCUT2D eigenvalue weighted by molar-refractivity contribution is 0.477. The van der Waals surface area contributed by atoms with E-state index in [0.29, 0.717) is 23.0 Å². The van der Waals surface area contributed by atoms with E-state index in [4.69, 9.17) is 15.0 Å². The van der Waals surface area contributed by atoms with Crippen molar-refractivity contribution in [2.45, 2.75) is 12.3 Å². The van der Waals surface area contributed by atoms with Crippen molar-refractivity contribution in [2.24, 2.45) is 0 Å². The molecule has 0 bridgehead atoms. The van der Waals surface area contributed by atoms with Gasteiger partial charge >= 0.3 is 0 Å². The second-order valence-electron chi connectivity index (χ2n) is 9.63. The highest BCUT2D eigenvalue weighted by molar-refractivity contribution is 5.73. The van der Waals surface area contributed by atoms with Crippen LogP contribution in [-0.4, -0.2) is 20.1 Å². The number of rotatable bonds is 9. The van der Waals surface area contributed by atoms with Crippen molar-refractivity contribution in [3.63, 3.8) is 0 Å². The number of hydrogen-bond acceptors (Lipinski definition) is 4. The summed E-state index contributed by atoms with van der Waals surface area (Å²) in [4.78, 5) is 14.5. The Bertz CT molecular complexity index is 1710. The van der Waals surface area contributed by atoms with Crippen molar-refractivity contribution in [3.05, 3.63) is 169 Å². The zero-order valence-electron chi connectivity index (χ0n) is 22.8. The summed E-state index contributed by atoms with van der Waals surface area (Å²) in [6, 6.07) is 25.4. The number of para-hydroxylation sites is 1. The molecule has 4 heteroatoms. The summed E-state index contributed by atoms with van der Waals surface area (Å²) in [6.45, 7) is 11.9. The molecule has 200 valence electrons. The number of hydrogen-bond donors (Lipinski definition) is 1. The van der Waals surface area contributed by atoms with Crippen molar-refractivity contribution in [1.82, 2.24) is 15.0 Å². The molecule has 0 aliphatic heterocycles. The first-order valence-corrected chi connectivity index (χ1v) is 13.5. The second kappa shape index (κ2) is 12.7. The summed E-state index contributed by atoms with van der Waals surface area (Å²) < 4.78 is 0. The molecule has 1 N–H and O–H groups in total. The molecule has 4 nitrogen and oxygen atoms in total. The average molecular weight is 534 g/mol. The zero-order valence-corrected chi connectivity index (χ0v) is 22.8. The minimum absolute atomic E-state index is 0.0150. The number of allylic oxidation sites excluding steroid dienone is 10. The van der Waals surface area contributed by atoms with E-state index in [2.05, 4.69) is 56.2 Å². The number of phenolic OH excluding ortho intramolecular Hbond substituents is 1. The first kappa shape index (κ1) is 27.2. The third kappa shape index (κ3) is 6.45. The van der Waals surface area contributed by atoms with Gasteiger partial charge in [0.15, 0.2) is 11.6 Å². The Morgan fingerprint density at radius 2 is 1.59 bits per heavy atom. The van der Waals surface area contributed by atoms with Gasteiger partial charge in [0.2, 0.25) is 0 Å². The van der Waals surface area contributed by atoms with Gasteiger partial charge in [-0.3, -0.25) is 0 Å². The lowest BCUT2D eigenvalue weighted by Gasteiger charge is -2.17. The van der Waals surface area contributed by atoms with Crippen LogP contribution < -0.4 is 0 Å². The lowest BCUT2D eigenvalue weighted by atomic mass is 9.91. The fourth-order valence-corrected chi connectivity index (χ4v) is 4.62. The van der Waals surface area contributed by atoms with Crippen LogP contribution in [0.5, 0.6) is 5.75 Å². The molecular formula is C37H31N3O. The summed E-state index contributed by atoms with van der Waals surface area (Å²) in [5.74, 6) is 2.00. The number of aromatic nitrogens is 3. The topological polar surface area (TPSA) is 58.9 Å². The van der Waals surface area contributed by atoms with Gasteiger partial charge in [0, 0.05) is 22.6 Å². The molecule has 1 unspecified atom stereocenters. The molecule has 1 aliphatic carbocycles. The summed E-state index contributed by atoms with van der Waals surface area (Å²) in [7, 11) is 0. The molecular weight excluding hydrogens is 502 g/mol. The Morgan fingerprint density at radius 1 is 0.854 bits per heavy atom. The third-order valence-electron chi connectivity index (χ3n) is 6.84. The number of phenols is 1. The maximum absolute atomic E-state index is 10.3. The van der Waals surface area contributed by atoms with Crippen molar-refractivity contribution in [1.29, 1.82) is 0 Å². The van der Waals surface area contributed by atoms with Crippen LogP contribution in [0.2, 0.25) is 0 Å². The average Bonchev–Trinajstić information content (AvgIpc) is 3.03. The van der Waals surface area contributed by atoms with Crippen LogP contribution in [0.25, 0.3) is 34.2 Å². The molecule has 0 saturated heterocycles. The van der Waals surface area contributed by atoms with E-state index in [1.165, 1.54) is 0 Å². The Balaban J connectivity index is 1.46. The molecule has 0 spiro atoms. The van der Waals surface area contributed by atoms with E-state index >= 15 is 0 Å². The monoisotopic (exact) mass is 533 g/mol. The van der Waals surface area contributed by atoms with Crippen molar-refractivity contribution >= 4 is 11.6 Å². The van der Waals surface area contributed by atoms with Gasteiger partial charge in [-0.2, -0.15) is 0 Å². The number of aromatic hydroxyl groups is 1. The van der Waals surface area contributed by atoms with Crippen LogP contribution in [-0.2, 0) is 0 Å². The molecule has 1 aromatic heterocycles. The van der Waals surface area contributed by atoms with Crippen LogP contribution >= 0.6 is 0 Å². The Labute approximate surface area is 241 Å². The highest BCUT2D eigenvalue weighted by Crippen LogP contribution is 2.32. The fraction of sp³-hybridized carbons (Fsp3) is 0.0541. The van der Waals surface area contributed by atoms with E-state index in [1.807, 2.05) is 78.9 Å². The van der Waals surface area contributed by atoms with Gasteiger partial charge in [0.25, 0.3) is 0 Å². The van der Waals surface area contributed by atoms with E-state index in [0.717, 1.165) is 39.8 Å².